The number of aromatic nitrogens is 2. The summed E-state index contributed by atoms with van der Waals surface area (Å²) in [6, 6.07) is 23.7. The summed E-state index contributed by atoms with van der Waals surface area (Å²) in [5.41, 5.74) is 4.50. The summed E-state index contributed by atoms with van der Waals surface area (Å²) in [5, 5.41) is 3.72. The molecule has 0 spiro atoms. The van der Waals surface area contributed by atoms with Crippen LogP contribution in [0.3, 0.4) is 0 Å². The standard InChI is InChI=1S/C29H33FN4O/c1-35-26-14-10-22(11-15-26)5-4-18-33-19-16-25(17-20-33)31-29-32-27-6-2-3-7-28(27)34(29)21-23-8-12-24(30)13-9-23/h2-3,6-15,25H,4-5,16-21H2,1H3,(H,31,32). The number of hydrogen-bond acceptors (Lipinski definition) is 4. The van der Waals surface area contributed by atoms with E-state index in [2.05, 4.69) is 33.0 Å². The summed E-state index contributed by atoms with van der Waals surface area (Å²) >= 11 is 0. The van der Waals surface area contributed by atoms with Gasteiger partial charge in [0.15, 0.2) is 0 Å². The molecule has 35 heavy (non-hydrogen) atoms. The summed E-state index contributed by atoms with van der Waals surface area (Å²) in [6.45, 7) is 3.98. The molecule has 1 aliphatic heterocycles. The van der Waals surface area contributed by atoms with E-state index in [-0.39, 0.29) is 5.82 Å². The van der Waals surface area contributed by atoms with Crippen molar-refractivity contribution in [2.75, 3.05) is 32.1 Å². The van der Waals surface area contributed by atoms with Crippen LogP contribution in [0.15, 0.2) is 72.8 Å². The van der Waals surface area contributed by atoms with Crippen LogP contribution in [0.5, 0.6) is 5.75 Å². The number of halogens is 1. The van der Waals surface area contributed by atoms with Gasteiger partial charge in [0.1, 0.15) is 11.6 Å². The van der Waals surface area contributed by atoms with Crippen LogP contribution < -0.4 is 10.1 Å². The van der Waals surface area contributed by atoms with Gasteiger partial charge in [-0.05, 0) is 79.8 Å². The SMILES string of the molecule is COc1ccc(CCCN2CCC(Nc3nc4ccccc4n3Cc3ccc(F)cc3)CC2)cc1. The first-order chi connectivity index (χ1) is 17.2. The van der Waals surface area contributed by atoms with Crippen molar-refractivity contribution in [2.45, 2.75) is 38.3 Å². The smallest absolute Gasteiger partial charge is 0.204 e. The minimum atomic E-state index is -0.210. The number of rotatable bonds is 9. The number of fused-ring (bicyclic) bond motifs is 1. The Bertz CT molecular complexity index is 1230. The number of aryl methyl sites for hydroxylation is 1. The van der Waals surface area contributed by atoms with Gasteiger partial charge in [-0.3, -0.25) is 0 Å². The highest BCUT2D eigenvalue weighted by Gasteiger charge is 2.21. The van der Waals surface area contributed by atoms with Crippen LogP contribution in [-0.4, -0.2) is 47.2 Å². The lowest BCUT2D eigenvalue weighted by molar-refractivity contribution is 0.216. The summed E-state index contributed by atoms with van der Waals surface area (Å²) in [4.78, 5) is 7.46. The Labute approximate surface area is 206 Å². The lowest BCUT2D eigenvalue weighted by Gasteiger charge is -2.32. The van der Waals surface area contributed by atoms with Gasteiger partial charge in [0.2, 0.25) is 5.95 Å². The number of nitrogens with one attached hydrogen (secondary N) is 1. The van der Waals surface area contributed by atoms with Crippen LogP contribution in [0.1, 0.15) is 30.4 Å². The van der Waals surface area contributed by atoms with E-state index in [9.17, 15) is 4.39 Å². The lowest BCUT2D eigenvalue weighted by atomic mass is 10.0. The van der Waals surface area contributed by atoms with E-state index in [4.69, 9.17) is 9.72 Å². The summed E-state index contributed by atoms with van der Waals surface area (Å²) in [5.74, 6) is 1.60. The second kappa shape index (κ2) is 10.9. The van der Waals surface area contributed by atoms with Crippen LogP contribution in [0, 0.1) is 5.82 Å². The highest BCUT2D eigenvalue weighted by atomic mass is 19.1. The predicted molar refractivity (Wildman–Crippen MR) is 140 cm³/mol. The second-order valence-corrected chi connectivity index (χ2v) is 9.35. The minimum Gasteiger partial charge on any atom is -0.497 e. The average Bonchev–Trinajstić information content (AvgIpc) is 3.23. The topological polar surface area (TPSA) is 42.3 Å². The monoisotopic (exact) mass is 472 g/mol. The predicted octanol–water partition coefficient (Wildman–Crippen LogP) is 5.74. The van der Waals surface area contributed by atoms with E-state index in [0.29, 0.717) is 12.6 Å². The van der Waals surface area contributed by atoms with E-state index in [0.717, 1.165) is 73.6 Å². The van der Waals surface area contributed by atoms with Gasteiger partial charge in [-0.15, -0.1) is 0 Å². The maximum atomic E-state index is 13.4. The van der Waals surface area contributed by atoms with E-state index in [1.54, 1.807) is 7.11 Å². The number of para-hydroxylation sites is 2. The van der Waals surface area contributed by atoms with E-state index in [1.165, 1.54) is 17.7 Å². The van der Waals surface area contributed by atoms with Crippen molar-refractivity contribution < 1.29 is 9.13 Å². The molecule has 5 nitrogen and oxygen atoms in total. The van der Waals surface area contributed by atoms with Gasteiger partial charge < -0.3 is 19.5 Å². The normalized spacial score (nSPS) is 14.9. The molecule has 0 bridgehead atoms. The van der Waals surface area contributed by atoms with Crippen molar-refractivity contribution in [3.05, 3.63) is 89.7 Å². The van der Waals surface area contributed by atoms with Gasteiger partial charge in [0, 0.05) is 19.1 Å². The fourth-order valence-corrected chi connectivity index (χ4v) is 4.90. The Hall–Kier alpha value is -3.38. The fraction of sp³-hybridized carbons (Fsp3) is 0.345. The molecule has 5 rings (SSSR count). The molecule has 1 aliphatic rings. The van der Waals surface area contributed by atoms with Crippen molar-refractivity contribution in [2.24, 2.45) is 0 Å². The number of likely N-dealkylation sites (tertiary alicyclic amines) is 1. The molecular weight excluding hydrogens is 439 g/mol. The third-order valence-electron chi connectivity index (χ3n) is 6.93. The number of hydrogen-bond donors (Lipinski definition) is 1. The van der Waals surface area contributed by atoms with Gasteiger partial charge in [-0.2, -0.15) is 0 Å². The Morgan fingerprint density at radius 2 is 1.66 bits per heavy atom. The van der Waals surface area contributed by atoms with Crippen molar-refractivity contribution in [3.8, 4) is 5.75 Å². The maximum Gasteiger partial charge on any atom is 0.204 e. The first-order valence-electron chi connectivity index (χ1n) is 12.5. The lowest BCUT2D eigenvalue weighted by Crippen LogP contribution is -2.40. The van der Waals surface area contributed by atoms with Gasteiger partial charge in [0.25, 0.3) is 0 Å². The fourth-order valence-electron chi connectivity index (χ4n) is 4.90. The van der Waals surface area contributed by atoms with Crippen molar-refractivity contribution in [1.29, 1.82) is 0 Å². The minimum absolute atomic E-state index is 0.210. The van der Waals surface area contributed by atoms with Gasteiger partial charge in [-0.25, -0.2) is 9.37 Å². The molecular formula is C29H33FN4O. The van der Waals surface area contributed by atoms with Crippen LogP contribution in [0.25, 0.3) is 11.0 Å². The third-order valence-corrected chi connectivity index (χ3v) is 6.93. The van der Waals surface area contributed by atoms with Crippen molar-refractivity contribution >= 4 is 17.0 Å². The largest absolute Gasteiger partial charge is 0.497 e. The number of ether oxygens (including phenoxy) is 1. The molecule has 6 heteroatoms. The Morgan fingerprint density at radius 1 is 0.943 bits per heavy atom. The molecule has 3 aromatic carbocycles. The van der Waals surface area contributed by atoms with Crippen LogP contribution in [0.2, 0.25) is 0 Å². The zero-order valence-electron chi connectivity index (χ0n) is 20.3. The summed E-state index contributed by atoms with van der Waals surface area (Å²) < 4.78 is 20.8. The molecule has 182 valence electrons. The highest BCUT2D eigenvalue weighted by Crippen LogP contribution is 2.24. The molecule has 0 amide bonds. The van der Waals surface area contributed by atoms with E-state index < -0.39 is 0 Å². The molecule has 2 heterocycles. The first kappa shape index (κ1) is 23.4. The summed E-state index contributed by atoms with van der Waals surface area (Å²) in [7, 11) is 1.70. The van der Waals surface area contributed by atoms with Gasteiger partial charge in [0.05, 0.1) is 24.7 Å². The van der Waals surface area contributed by atoms with Gasteiger partial charge in [-0.1, -0.05) is 36.4 Å². The van der Waals surface area contributed by atoms with E-state index >= 15 is 0 Å². The molecule has 1 fully saturated rings. The molecule has 1 N–H and O–H groups in total. The van der Waals surface area contributed by atoms with E-state index in [1.807, 2.05) is 42.5 Å². The first-order valence-corrected chi connectivity index (χ1v) is 12.5. The third kappa shape index (κ3) is 5.82. The number of nitrogens with zero attached hydrogens (tertiary/aromatic N) is 3. The number of anilines is 1. The molecule has 1 aromatic heterocycles. The van der Waals surface area contributed by atoms with Gasteiger partial charge >= 0.3 is 0 Å². The van der Waals surface area contributed by atoms with Crippen LogP contribution in [0.4, 0.5) is 10.3 Å². The molecule has 0 radical (unpaired) electrons. The number of piperidine rings is 1. The Kier molecular flexibility index (Phi) is 7.28. The molecule has 0 atom stereocenters. The molecule has 4 aromatic rings. The molecule has 0 unspecified atom stereocenters. The molecule has 1 saturated heterocycles. The summed E-state index contributed by atoms with van der Waals surface area (Å²) in [6.07, 6.45) is 4.46. The maximum absolute atomic E-state index is 13.4. The Morgan fingerprint density at radius 3 is 2.40 bits per heavy atom. The van der Waals surface area contributed by atoms with Crippen molar-refractivity contribution in [1.82, 2.24) is 14.5 Å². The zero-order valence-corrected chi connectivity index (χ0v) is 20.3. The number of benzene rings is 3. The number of imidazole rings is 1. The quantitative estimate of drug-likeness (QED) is 0.337. The second-order valence-electron chi connectivity index (χ2n) is 9.35. The van der Waals surface area contributed by atoms with Crippen LogP contribution in [-0.2, 0) is 13.0 Å². The van der Waals surface area contributed by atoms with Crippen LogP contribution >= 0.6 is 0 Å². The molecule has 0 saturated carbocycles. The Balaban J connectivity index is 1.17. The highest BCUT2D eigenvalue weighted by molar-refractivity contribution is 5.78. The average molecular weight is 473 g/mol. The number of methoxy groups -OCH3 is 1. The zero-order chi connectivity index (χ0) is 24.0. The molecule has 0 aliphatic carbocycles. The van der Waals surface area contributed by atoms with Crippen molar-refractivity contribution in [3.63, 3.8) is 0 Å².